The van der Waals surface area contributed by atoms with Crippen LogP contribution in [0.2, 0.25) is 0 Å². The summed E-state index contributed by atoms with van der Waals surface area (Å²) in [6.45, 7) is 3.12. The van der Waals surface area contributed by atoms with Crippen molar-refractivity contribution in [2.24, 2.45) is 29.6 Å². The van der Waals surface area contributed by atoms with Gasteiger partial charge in [0.25, 0.3) is 0 Å². The fourth-order valence-electron chi connectivity index (χ4n) is 9.85. The van der Waals surface area contributed by atoms with E-state index < -0.39 is 12.2 Å². The van der Waals surface area contributed by atoms with E-state index in [-0.39, 0.29) is 54.0 Å². The Kier molecular flexibility index (Phi) is 8.76. The zero-order chi connectivity index (χ0) is 28.0. The number of ether oxygens (including phenoxy) is 3. The smallest absolute Gasteiger partial charge is 0.248 e. The Morgan fingerprint density at radius 1 is 1.02 bits per heavy atom. The molecular weight excluding hydrogens is 510 g/mol. The van der Waals surface area contributed by atoms with Gasteiger partial charge in [-0.05, 0) is 88.5 Å². The number of methoxy groups -OCH3 is 2. The fourth-order valence-corrected chi connectivity index (χ4v) is 9.85. The van der Waals surface area contributed by atoms with Crippen molar-refractivity contribution in [3.63, 3.8) is 0 Å². The molecule has 0 aromatic rings. The van der Waals surface area contributed by atoms with E-state index in [2.05, 4.69) is 15.5 Å². The molecule has 3 heterocycles. The van der Waals surface area contributed by atoms with Crippen LogP contribution in [0, 0.1) is 29.6 Å². The number of carbonyl (C=O) groups excluding carboxylic acids is 2. The standard InChI is InChI=1S/C31H51N3O6/c1-17(30(36)33-16-24(35)18-7-5-4-6-8-18)40-19-9-11-23-22(15-19)20-13-14-32-27-21-10-12-25(38-2)29(39-3)26(21)31(37)34(23)28(20)27/h17-29,32,35H,4-16H2,1-3H3,(H,33,36)/t17-,19?,20?,21?,22?,23?,24+,25?,26?,27?,28?,29?/m1/s1. The van der Waals surface area contributed by atoms with Gasteiger partial charge in [0.15, 0.2) is 0 Å². The zero-order valence-electron chi connectivity index (χ0n) is 24.6. The predicted molar refractivity (Wildman–Crippen MR) is 149 cm³/mol. The number of aliphatic hydroxyl groups excluding tert-OH is 1. The maximum absolute atomic E-state index is 14.2. The largest absolute Gasteiger partial charge is 0.391 e. The van der Waals surface area contributed by atoms with E-state index >= 15 is 0 Å². The Hall–Kier alpha value is -1.26. The second-order valence-corrected chi connectivity index (χ2v) is 13.6. The lowest BCUT2D eigenvalue weighted by atomic mass is 9.64. The van der Waals surface area contributed by atoms with Gasteiger partial charge < -0.3 is 34.9 Å². The van der Waals surface area contributed by atoms with Crippen LogP contribution in [0.3, 0.4) is 0 Å². The summed E-state index contributed by atoms with van der Waals surface area (Å²) < 4.78 is 18.1. The summed E-state index contributed by atoms with van der Waals surface area (Å²) in [6.07, 6.45) is 10.1. The molecule has 9 nitrogen and oxygen atoms in total. The van der Waals surface area contributed by atoms with Crippen molar-refractivity contribution in [2.45, 2.75) is 126 Å². The average Bonchev–Trinajstić information content (AvgIpc) is 3.32. The molecule has 0 radical (unpaired) electrons. The van der Waals surface area contributed by atoms with Gasteiger partial charge in [-0.25, -0.2) is 0 Å². The molecule has 6 fully saturated rings. The monoisotopic (exact) mass is 561 g/mol. The highest BCUT2D eigenvalue weighted by Crippen LogP contribution is 2.54. The molecule has 3 aliphatic heterocycles. The average molecular weight is 562 g/mol. The molecule has 3 N–H and O–H groups in total. The molecule has 3 saturated carbocycles. The van der Waals surface area contributed by atoms with E-state index in [4.69, 9.17) is 14.2 Å². The number of nitrogens with zero attached hydrogens (tertiary/aromatic N) is 1. The van der Waals surface area contributed by atoms with Gasteiger partial charge in [0, 0.05) is 32.8 Å². The Morgan fingerprint density at radius 3 is 2.58 bits per heavy atom. The summed E-state index contributed by atoms with van der Waals surface area (Å²) in [4.78, 5) is 29.4. The van der Waals surface area contributed by atoms with Crippen molar-refractivity contribution in [2.75, 3.05) is 27.3 Å². The number of piperidine rings is 2. The minimum Gasteiger partial charge on any atom is -0.391 e. The maximum atomic E-state index is 14.2. The Labute approximate surface area is 239 Å². The molecule has 10 unspecified atom stereocenters. The summed E-state index contributed by atoms with van der Waals surface area (Å²) in [5.41, 5.74) is 0. The van der Waals surface area contributed by atoms with Crippen LogP contribution in [0.25, 0.3) is 0 Å². The van der Waals surface area contributed by atoms with Crippen LogP contribution in [0.1, 0.15) is 77.6 Å². The van der Waals surface area contributed by atoms with E-state index in [0.29, 0.717) is 30.3 Å². The van der Waals surface area contributed by atoms with Crippen molar-refractivity contribution >= 4 is 11.8 Å². The number of rotatable bonds is 8. The highest BCUT2D eigenvalue weighted by atomic mass is 16.5. The van der Waals surface area contributed by atoms with Crippen LogP contribution in [0.5, 0.6) is 0 Å². The first-order valence-corrected chi connectivity index (χ1v) is 16.1. The molecule has 12 atom stereocenters. The predicted octanol–water partition coefficient (Wildman–Crippen LogP) is 2.24. The van der Waals surface area contributed by atoms with Crippen molar-refractivity contribution in [3.05, 3.63) is 0 Å². The molecule has 0 aromatic heterocycles. The molecule has 6 aliphatic rings. The van der Waals surface area contributed by atoms with Gasteiger partial charge in [-0.2, -0.15) is 0 Å². The van der Waals surface area contributed by atoms with Gasteiger partial charge in [0.05, 0.1) is 36.4 Å². The lowest BCUT2D eigenvalue weighted by molar-refractivity contribution is -0.175. The van der Waals surface area contributed by atoms with Crippen LogP contribution in [0.15, 0.2) is 0 Å². The van der Waals surface area contributed by atoms with Gasteiger partial charge in [-0.1, -0.05) is 19.3 Å². The minimum absolute atomic E-state index is 0.0157. The fraction of sp³-hybridized carbons (Fsp3) is 0.935. The van der Waals surface area contributed by atoms with Gasteiger partial charge in [-0.3, -0.25) is 9.59 Å². The maximum Gasteiger partial charge on any atom is 0.248 e. The number of nitrogens with one attached hydrogen (secondary N) is 2. The molecule has 226 valence electrons. The number of fused-ring (bicyclic) bond motifs is 5. The summed E-state index contributed by atoms with van der Waals surface area (Å²) >= 11 is 0. The van der Waals surface area contributed by atoms with Crippen molar-refractivity contribution in [1.29, 1.82) is 0 Å². The zero-order valence-corrected chi connectivity index (χ0v) is 24.6. The molecule has 40 heavy (non-hydrogen) atoms. The SMILES string of the molecule is COC1CCC2C3NCCC4C5CC(O[C@H](C)C(=O)NC[C@H](O)C6CCCCC6)CCC5N(C(=O)C2C1OC)C43. The number of amides is 2. The molecule has 9 heteroatoms. The van der Waals surface area contributed by atoms with Gasteiger partial charge in [0.1, 0.15) is 6.10 Å². The summed E-state index contributed by atoms with van der Waals surface area (Å²) in [5.74, 6) is 1.43. The molecule has 3 aliphatic carbocycles. The van der Waals surface area contributed by atoms with Crippen LogP contribution < -0.4 is 10.6 Å². The normalized spacial score (nSPS) is 42.9. The molecule has 0 aromatic carbocycles. The third-order valence-corrected chi connectivity index (χ3v) is 11.7. The molecule has 0 spiro atoms. The van der Waals surface area contributed by atoms with Crippen LogP contribution in [0.4, 0.5) is 0 Å². The third-order valence-electron chi connectivity index (χ3n) is 11.7. The second-order valence-electron chi connectivity index (χ2n) is 13.6. The Bertz CT molecular complexity index is 914. The molecule has 2 amide bonds. The minimum atomic E-state index is -0.553. The first kappa shape index (κ1) is 28.8. The second kappa shape index (κ2) is 12.2. The van der Waals surface area contributed by atoms with E-state index in [1.807, 2.05) is 6.92 Å². The van der Waals surface area contributed by atoms with E-state index in [1.54, 1.807) is 14.2 Å². The highest BCUT2D eigenvalue weighted by molar-refractivity contribution is 5.83. The lowest BCUT2D eigenvalue weighted by Gasteiger charge is -2.55. The van der Waals surface area contributed by atoms with Gasteiger partial charge >= 0.3 is 0 Å². The van der Waals surface area contributed by atoms with E-state index in [0.717, 1.165) is 57.9 Å². The quantitative estimate of drug-likeness (QED) is 0.417. The van der Waals surface area contributed by atoms with Crippen LogP contribution in [-0.2, 0) is 23.8 Å². The lowest BCUT2D eigenvalue weighted by Crippen LogP contribution is -2.70. The van der Waals surface area contributed by atoms with E-state index in [1.165, 1.54) is 19.3 Å². The van der Waals surface area contributed by atoms with Crippen molar-refractivity contribution < 1.29 is 28.9 Å². The van der Waals surface area contributed by atoms with Crippen molar-refractivity contribution in [3.8, 4) is 0 Å². The Balaban J connectivity index is 1.09. The molecular formula is C31H51N3O6. The number of carbonyl (C=O) groups is 2. The number of hydrogen-bond donors (Lipinski definition) is 3. The third kappa shape index (κ3) is 5.12. The first-order valence-electron chi connectivity index (χ1n) is 16.1. The molecule has 6 rings (SSSR count). The van der Waals surface area contributed by atoms with Gasteiger partial charge in [-0.15, -0.1) is 0 Å². The molecule has 0 bridgehead atoms. The van der Waals surface area contributed by atoms with Crippen molar-refractivity contribution in [1.82, 2.24) is 15.5 Å². The topological polar surface area (TPSA) is 109 Å². The van der Waals surface area contributed by atoms with Gasteiger partial charge in [0.2, 0.25) is 11.8 Å². The Morgan fingerprint density at radius 2 is 1.82 bits per heavy atom. The molecule has 3 saturated heterocycles. The van der Waals surface area contributed by atoms with Crippen LogP contribution in [-0.4, -0.2) is 97.8 Å². The highest BCUT2D eigenvalue weighted by Gasteiger charge is 2.64. The summed E-state index contributed by atoms with van der Waals surface area (Å²) in [6, 6.07) is 0.790. The number of aliphatic hydroxyl groups is 1. The number of hydrogen-bond acceptors (Lipinski definition) is 7. The first-order chi connectivity index (χ1) is 19.4. The summed E-state index contributed by atoms with van der Waals surface area (Å²) in [5, 5.41) is 17.3. The van der Waals surface area contributed by atoms with Crippen LogP contribution >= 0.6 is 0 Å². The van der Waals surface area contributed by atoms with E-state index in [9.17, 15) is 14.7 Å². The summed E-state index contributed by atoms with van der Waals surface area (Å²) in [7, 11) is 3.45.